The smallest absolute Gasteiger partial charge is 0.189 e. The molecule has 684 valence electrons. The third-order valence-corrected chi connectivity index (χ3v) is 29.6. The van der Waals surface area contributed by atoms with Crippen molar-refractivity contribution < 1.29 is 0 Å². The van der Waals surface area contributed by atoms with Crippen molar-refractivity contribution in [2.45, 2.75) is 0 Å². The molecule has 0 aliphatic heterocycles. The average molecular weight is 1890 g/mol. The van der Waals surface area contributed by atoms with Gasteiger partial charge in [0.1, 0.15) is 11.6 Å². The molecular weight excluding hydrogens is 1810 g/mol. The highest BCUT2D eigenvalue weighted by molar-refractivity contribution is 7.26. The van der Waals surface area contributed by atoms with E-state index < -0.39 is 0 Å². The molecule has 0 atom stereocenters. The lowest BCUT2D eigenvalue weighted by Crippen LogP contribution is -2.02. The molecule has 0 amide bonds. The van der Waals surface area contributed by atoms with Gasteiger partial charge in [0.05, 0.1) is 92.5 Å². The van der Waals surface area contributed by atoms with Crippen LogP contribution in [0.2, 0.25) is 0 Å². The lowest BCUT2D eigenvalue weighted by molar-refractivity contribution is 1.01. The zero-order chi connectivity index (χ0) is 98.1. The fraction of sp³-hybridized carbons (Fsp3) is 0. The van der Waals surface area contributed by atoms with Gasteiger partial charge in [0.15, 0.2) is 22.7 Å². The molecule has 8 heterocycles. The van der Waals surface area contributed by atoms with E-state index in [4.69, 9.17) is 31.3 Å². The minimum atomic E-state index is 0.576. The summed E-state index contributed by atoms with van der Waals surface area (Å²) in [6, 6.07) is 176. The molecule has 0 bridgehead atoms. The van der Waals surface area contributed by atoms with Gasteiger partial charge in [-0.2, -0.15) is 0 Å². The Morgan fingerprint density at radius 3 is 0.823 bits per heavy atom. The number of hydrogen-bond donors (Lipinski definition) is 0. The number of hydrogen-bond acceptors (Lipinski definition) is 2. The quantitative estimate of drug-likeness (QED) is 0.119. The monoisotopic (exact) mass is 1890 g/mol. The Balaban J connectivity index is 0.000000100. The molecule has 0 fully saturated rings. The number of nitrogens with zero attached hydrogens (tertiary/aromatic N) is 11. The van der Waals surface area contributed by atoms with Crippen LogP contribution in [0.5, 0.6) is 0 Å². The molecular formula is C135H83N11S. The number of thiophene rings is 1. The predicted molar refractivity (Wildman–Crippen MR) is 615 cm³/mol. The van der Waals surface area contributed by atoms with Gasteiger partial charge < -0.3 is 18.3 Å². The van der Waals surface area contributed by atoms with Crippen molar-refractivity contribution in [2.24, 2.45) is 0 Å². The minimum absolute atomic E-state index is 0.576. The molecule has 0 N–H and O–H groups in total. The van der Waals surface area contributed by atoms with Gasteiger partial charge in [0.25, 0.3) is 0 Å². The van der Waals surface area contributed by atoms with Crippen molar-refractivity contribution in [3.8, 4) is 90.0 Å². The van der Waals surface area contributed by atoms with Crippen molar-refractivity contribution >= 4 is 185 Å². The summed E-state index contributed by atoms with van der Waals surface area (Å²) in [5, 5.41) is 16.9. The summed E-state index contributed by atoms with van der Waals surface area (Å²) < 4.78 is 16.3. The van der Waals surface area contributed by atoms with E-state index >= 15 is 0 Å². The summed E-state index contributed by atoms with van der Waals surface area (Å²) >= 11 is 1.83. The van der Waals surface area contributed by atoms with E-state index in [2.05, 4.69) is 453 Å². The van der Waals surface area contributed by atoms with Crippen LogP contribution in [0.15, 0.2) is 504 Å². The van der Waals surface area contributed by atoms with Crippen molar-refractivity contribution in [1.82, 2.24) is 32.4 Å². The molecule has 0 saturated heterocycles. The fourth-order valence-corrected chi connectivity index (χ4v) is 23.2. The van der Waals surface area contributed by atoms with Crippen LogP contribution in [0, 0.1) is 26.3 Å². The van der Waals surface area contributed by atoms with Crippen LogP contribution < -0.4 is 0 Å². The van der Waals surface area contributed by atoms with Crippen LogP contribution in [0.4, 0.5) is 22.7 Å². The highest BCUT2D eigenvalue weighted by atomic mass is 32.1. The summed E-state index contributed by atoms with van der Waals surface area (Å²) in [5.74, 6) is 1.84. The summed E-state index contributed by atoms with van der Waals surface area (Å²) in [4.78, 5) is 20.2. The zero-order valence-electron chi connectivity index (χ0n) is 79.2. The van der Waals surface area contributed by atoms with Gasteiger partial charge in [-0.25, -0.2) is 24.4 Å². The number of benzene rings is 21. The Morgan fingerprint density at radius 1 is 0.163 bits per heavy atom. The first-order chi connectivity index (χ1) is 72.7. The van der Waals surface area contributed by atoms with E-state index in [9.17, 15) is 0 Å². The lowest BCUT2D eigenvalue weighted by Gasteiger charge is -2.14. The molecule has 11 nitrogen and oxygen atoms in total. The Hall–Kier alpha value is -20.3. The van der Waals surface area contributed by atoms with E-state index in [1.165, 1.54) is 124 Å². The number of aromatic nitrogens is 7. The summed E-state index contributed by atoms with van der Waals surface area (Å²) in [6.07, 6.45) is 0. The molecule has 29 rings (SSSR count). The summed E-state index contributed by atoms with van der Waals surface area (Å²) in [6.45, 7) is 30.9. The Kier molecular flexibility index (Phi) is 21.8. The summed E-state index contributed by atoms with van der Waals surface area (Å²) in [7, 11) is 0. The molecule has 12 heteroatoms. The molecule has 0 radical (unpaired) electrons. The van der Waals surface area contributed by atoms with Gasteiger partial charge in [-0.05, 0) is 248 Å². The van der Waals surface area contributed by atoms with Crippen LogP contribution >= 0.6 is 11.3 Å². The van der Waals surface area contributed by atoms with Gasteiger partial charge in [0.2, 0.25) is 0 Å². The second-order valence-corrected chi connectivity index (χ2v) is 37.8. The van der Waals surface area contributed by atoms with Gasteiger partial charge in [-0.1, -0.05) is 322 Å². The van der Waals surface area contributed by atoms with E-state index in [-0.39, 0.29) is 0 Å². The topological polar surface area (TPSA) is 59.9 Å². The van der Waals surface area contributed by atoms with Crippen LogP contribution in [0.3, 0.4) is 0 Å². The molecule has 0 aliphatic carbocycles. The van der Waals surface area contributed by atoms with E-state index in [0.29, 0.717) is 22.7 Å². The van der Waals surface area contributed by atoms with Gasteiger partial charge in [0, 0.05) is 96.8 Å². The highest BCUT2D eigenvalue weighted by Crippen LogP contribution is 2.47. The van der Waals surface area contributed by atoms with E-state index in [1.54, 1.807) is 0 Å². The van der Waals surface area contributed by atoms with E-state index in [0.717, 1.165) is 117 Å². The van der Waals surface area contributed by atoms with Crippen molar-refractivity contribution in [1.29, 1.82) is 0 Å². The Labute approximate surface area is 850 Å². The Morgan fingerprint density at radius 2 is 0.435 bits per heavy atom. The van der Waals surface area contributed by atoms with Gasteiger partial charge >= 0.3 is 0 Å². The summed E-state index contributed by atoms with van der Waals surface area (Å²) in [5.41, 5.74) is 31.3. The maximum absolute atomic E-state index is 7.94. The number of fused-ring (bicyclic) bond motifs is 21. The number of pyridine rings is 1. The second kappa shape index (κ2) is 36.8. The highest BCUT2D eigenvalue weighted by Gasteiger charge is 2.24. The maximum Gasteiger partial charge on any atom is 0.189 e. The van der Waals surface area contributed by atoms with Crippen LogP contribution in [-0.4, -0.2) is 32.4 Å². The molecule has 0 spiro atoms. The molecule has 147 heavy (non-hydrogen) atoms. The lowest BCUT2D eigenvalue weighted by atomic mass is 9.93. The van der Waals surface area contributed by atoms with Crippen molar-refractivity contribution in [3.63, 3.8) is 0 Å². The Bertz CT molecular complexity index is 9760. The van der Waals surface area contributed by atoms with E-state index in [1.807, 2.05) is 108 Å². The SMILES string of the molecule is [C-]#[N+]c1cc(-c2cc(-c3ccccc3)cc(-c3ccccc3)c2)cc(-n2c3ccccc3c3cc([N+]#[C-])ccc32)c1.[C-]#[N+]c1cc(-c2cccc(-c3cccc4c3sc3ccccc34)c2)cc(-n2c3ccccc3c3cc([N+]#[C-])ccc32)c1.c1cc(-n2c3ccccc3c3ccccc32)cc(-n2c3ccccc3c3ccccc32)c1.c1cc(-n2c3ccccc3c3ccccc32)nc(-n2c3ccccc3c3ccccc32)c1. The second-order valence-electron chi connectivity index (χ2n) is 36.8. The number of para-hydroxylation sites is 10. The predicted octanol–water partition coefficient (Wildman–Crippen LogP) is 37.6. The largest absolute Gasteiger partial charge is 0.311 e. The van der Waals surface area contributed by atoms with Gasteiger partial charge in [-0.3, -0.25) is 9.13 Å². The molecule has 0 aliphatic rings. The molecule has 0 saturated carbocycles. The zero-order valence-corrected chi connectivity index (χ0v) is 80.1. The van der Waals surface area contributed by atoms with Crippen LogP contribution in [0.25, 0.3) is 260 Å². The third kappa shape index (κ3) is 15.3. The molecule has 8 aromatic heterocycles. The third-order valence-electron chi connectivity index (χ3n) is 28.4. The first-order valence-corrected chi connectivity index (χ1v) is 49.7. The molecule has 21 aromatic carbocycles. The first kappa shape index (κ1) is 87.0. The minimum Gasteiger partial charge on any atom is -0.311 e. The standard InChI is InChI=1S/C38H21N3S.C38H23N3.C30H20N2.C29H19N3/c1-39-27-17-18-36-34(23-27)31-11-3-5-15-35(31)41(36)29-21-26(20-28(22-29)40-2)24-9-7-10-25(19-24)30-13-8-14-33-32-12-4-6-16-37(32)42-38(30)33;1-39-32-17-18-38-36(25-32)35-15-9-10-16-37(35)41(38)34-23-31(22-33(24-34)40-2)30-20-28(26-11-5-3-6-12-26)19-29(21-30)27-13-7-4-8-14-27;1-5-16-27-23(12-1)24-13-2-6-17-28(24)31(27)21-10-9-11-22(20-21)32-29-18-7-3-14-25(29)26-15-4-8-19-30(26)32;1-5-14-24-20(10-1)21-11-2-6-15-25(21)31(24)28-18-9-19-29(30-28)32-26-16-7-3-12-22(26)23-13-4-8-17-27(23)32/h3-23H;3-25H;1-20H;1-19H. The van der Waals surface area contributed by atoms with Crippen LogP contribution in [0.1, 0.15) is 0 Å². The number of rotatable bonds is 11. The maximum atomic E-state index is 7.94. The molecule has 29 aromatic rings. The average Bonchev–Trinajstić information content (AvgIpc) is 1.58. The van der Waals surface area contributed by atoms with Crippen molar-refractivity contribution in [3.05, 3.63) is 549 Å². The van der Waals surface area contributed by atoms with Gasteiger partial charge in [-0.15, -0.1) is 11.3 Å². The normalized spacial score (nSPS) is 11.4. The molecule has 0 unspecified atom stereocenters. The van der Waals surface area contributed by atoms with Crippen molar-refractivity contribution in [2.75, 3.05) is 0 Å². The van der Waals surface area contributed by atoms with Crippen LogP contribution in [-0.2, 0) is 0 Å². The fourth-order valence-electron chi connectivity index (χ4n) is 21.9. The first-order valence-electron chi connectivity index (χ1n) is 48.9.